The number of carbonyl (C=O) groups excluding carboxylic acids is 1. The van der Waals surface area contributed by atoms with E-state index in [1.54, 1.807) is 0 Å². The number of carbonyl (C=O) groups is 1. The summed E-state index contributed by atoms with van der Waals surface area (Å²) >= 11 is 0. The minimum absolute atomic E-state index is 0.132. The summed E-state index contributed by atoms with van der Waals surface area (Å²) in [5, 5.41) is 5.94. The quantitative estimate of drug-likeness (QED) is 0.534. The van der Waals surface area contributed by atoms with Crippen molar-refractivity contribution >= 4 is 5.91 Å². The number of hydrogen-bond donors (Lipinski definition) is 2. The van der Waals surface area contributed by atoms with Crippen LogP contribution in [-0.4, -0.2) is 25.5 Å². The zero-order valence-electron chi connectivity index (χ0n) is 7.61. The molecule has 1 atom stereocenters. The maximum atomic E-state index is 10.9. The van der Waals surface area contributed by atoms with Gasteiger partial charge >= 0.3 is 0 Å². The fraction of sp³-hybridized carbons (Fsp3) is 0.875. The van der Waals surface area contributed by atoms with Crippen LogP contribution in [0, 0.1) is 5.92 Å². The molecule has 1 unspecified atom stereocenters. The highest BCUT2D eigenvalue weighted by molar-refractivity contribution is 5.78. The molecule has 1 saturated heterocycles. The summed E-state index contributed by atoms with van der Waals surface area (Å²) in [6.07, 6.45) is 0. The maximum absolute atomic E-state index is 10.9. The lowest BCUT2D eigenvalue weighted by Crippen LogP contribution is -2.28. The smallest absolute Gasteiger partial charge is 0.224 e. The maximum Gasteiger partial charge on any atom is 0.224 e. The van der Waals surface area contributed by atoms with Crippen LogP contribution in [0.25, 0.3) is 0 Å². The molecule has 0 aromatic heterocycles. The summed E-state index contributed by atoms with van der Waals surface area (Å²) in [5.74, 6) is 0.299. The van der Waals surface area contributed by atoms with Gasteiger partial charge in [0, 0.05) is 25.6 Å². The van der Waals surface area contributed by atoms with Crippen LogP contribution in [0.2, 0.25) is 0 Å². The molecule has 3 nitrogen and oxygen atoms in total. The largest absolute Gasteiger partial charge is 0.355 e. The third-order valence-corrected chi connectivity index (χ3v) is 1.50. The lowest BCUT2D eigenvalue weighted by atomic mass is 10.2. The van der Waals surface area contributed by atoms with Gasteiger partial charge in [-0.2, -0.15) is 0 Å². The van der Waals surface area contributed by atoms with Crippen LogP contribution in [-0.2, 0) is 4.79 Å². The van der Waals surface area contributed by atoms with Crippen molar-refractivity contribution in [1.82, 2.24) is 10.6 Å². The summed E-state index contributed by atoms with van der Waals surface area (Å²) in [6, 6.07) is 0. The van der Waals surface area contributed by atoms with Crippen LogP contribution in [0.15, 0.2) is 0 Å². The molecule has 0 aromatic rings. The highest BCUT2D eigenvalue weighted by Gasteiger charge is 2.13. The van der Waals surface area contributed by atoms with Crippen molar-refractivity contribution in [2.24, 2.45) is 5.92 Å². The van der Waals surface area contributed by atoms with Crippen molar-refractivity contribution in [1.29, 1.82) is 0 Å². The summed E-state index contributed by atoms with van der Waals surface area (Å²) < 4.78 is 0. The standard InChI is InChI=1S/C6H12N2O.C2H6/c1-5-4-7-2-3-8-6(5)9;1-2/h5,7H,2-4H2,1H3,(H,8,9);1-2H3. The Kier molecular flexibility index (Phi) is 5.84. The first-order valence-electron chi connectivity index (χ1n) is 4.29. The first kappa shape index (κ1) is 10.4. The molecule has 0 aliphatic carbocycles. The SMILES string of the molecule is CC.CC1CNCCNC1=O. The second-order valence-electron chi connectivity index (χ2n) is 2.40. The van der Waals surface area contributed by atoms with Gasteiger partial charge in [0.25, 0.3) is 0 Å². The average Bonchev–Trinajstić information content (AvgIpc) is 2.22. The van der Waals surface area contributed by atoms with Crippen LogP contribution in [0.3, 0.4) is 0 Å². The number of hydrogen-bond acceptors (Lipinski definition) is 2. The molecule has 0 radical (unpaired) electrons. The monoisotopic (exact) mass is 158 g/mol. The van der Waals surface area contributed by atoms with Crippen molar-refractivity contribution in [3.05, 3.63) is 0 Å². The molecule has 2 N–H and O–H groups in total. The van der Waals surface area contributed by atoms with Gasteiger partial charge in [0.15, 0.2) is 0 Å². The average molecular weight is 158 g/mol. The van der Waals surface area contributed by atoms with E-state index in [0.29, 0.717) is 0 Å². The van der Waals surface area contributed by atoms with Crippen LogP contribution in [0.1, 0.15) is 20.8 Å². The summed E-state index contributed by atoms with van der Waals surface area (Å²) in [4.78, 5) is 10.9. The first-order chi connectivity index (χ1) is 5.30. The molecular formula is C8H18N2O. The molecule has 1 fully saturated rings. The highest BCUT2D eigenvalue weighted by atomic mass is 16.1. The number of amides is 1. The molecule has 0 spiro atoms. The Morgan fingerprint density at radius 2 is 2.00 bits per heavy atom. The topological polar surface area (TPSA) is 41.1 Å². The zero-order chi connectivity index (χ0) is 8.69. The van der Waals surface area contributed by atoms with Gasteiger partial charge in [0.2, 0.25) is 5.91 Å². The minimum atomic E-state index is 0.132. The van der Waals surface area contributed by atoms with Crippen molar-refractivity contribution in [3.63, 3.8) is 0 Å². The van der Waals surface area contributed by atoms with Crippen LogP contribution in [0.4, 0.5) is 0 Å². The molecule has 1 rings (SSSR count). The molecule has 1 aliphatic heterocycles. The fourth-order valence-corrected chi connectivity index (χ4v) is 0.860. The first-order valence-corrected chi connectivity index (χ1v) is 4.29. The second-order valence-corrected chi connectivity index (χ2v) is 2.40. The molecule has 1 heterocycles. The fourth-order valence-electron chi connectivity index (χ4n) is 0.860. The Balaban J connectivity index is 0.000000461. The number of nitrogens with one attached hydrogen (secondary N) is 2. The minimum Gasteiger partial charge on any atom is -0.355 e. The molecule has 0 bridgehead atoms. The van der Waals surface area contributed by atoms with Crippen LogP contribution in [0.5, 0.6) is 0 Å². The van der Waals surface area contributed by atoms with E-state index >= 15 is 0 Å². The summed E-state index contributed by atoms with van der Waals surface area (Å²) in [5.41, 5.74) is 0. The van der Waals surface area contributed by atoms with Crippen molar-refractivity contribution in [2.75, 3.05) is 19.6 Å². The molecule has 0 saturated carbocycles. The van der Waals surface area contributed by atoms with Crippen molar-refractivity contribution in [3.8, 4) is 0 Å². The summed E-state index contributed by atoms with van der Waals surface area (Å²) in [7, 11) is 0. The Morgan fingerprint density at radius 3 is 2.64 bits per heavy atom. The van der Waals surface area contributed by atoms with Gasteiger partial charge < -0.3 is 10.6 Å². The Morgan fingerprint density at radius 1 is 1.36 bits per heavy atom. The molecule has 0 aromatic carbocycles. The Hall–Kier alpha value is -0.570. The Labute approximate surface area is 68.6 Å². The zero-order valence-corrected chi connectivity index (χ0v) is 7.61. The van der Waals surface area contributed by atoms with E-state index in [9.17, 15) is 4.79 Å². The predicted octanol–water partition coefficient (Wildman–Crippen LogP) is 0.368. The van der Waals surface area contributed by atoms with E-state index in [4.69, 9.17) is 0 Å². The second kappa shape index (κ2) is 6.16. The normalized spacial score (nSPS) is 24.3. The molecule has 66 valence electrons. The van der Waals surface area contributed by atoms with Gasteiger partial charge in [-0.15, -0.1) is 0 Å². The third kappa shape index (κ3) is 3.98. The highest BCUT2D eigenvalue weighted by Crippen LogP contribution is 1.93. The van der Waals surface area contributed by atoms with E-state index in [1.165, 1.54) is 0 Å². The van der Waals surface area contributed by atoms with Crippen molar-refractivity contribution in [2.45, 2.75) is 20.8 Å². The van der Waals surface area contributed by atoms with E-state index in [-0.39, 0.29) is 11.8 Å². The van der Waals surface area contributed by atoms with Gasteiger partial charge in [0.05, 0.1) is 0 Å². The molecule has 3 heteroatoms. The third-order valence-electron chi connectivity index (χ3n) is 1.50. The van der Waals surface area contributed by atoms with Gasteiger partial charge in [0.1, 0.15) is 0 Å². The van der Waals surface area contributed by atoms with Gasteiger partial charge in [-0.3, -0.25) is 4.79 Å². The summed E-state index contributed by atoms with van der Waals surface area (Å²) in [6.45, 7) is 8.40. The predicted molar refractivity (Wildman–Crippen MR) is 46.4 cm³/mol. The Bertz CT molecular complexity index is 115. The van der Waals surface area contributed by atoms with Crippen molar-refractivity contribution < 1.29 is 4.79 Å². The van der Waals surface area contributed by atoms with E-state index in [0.717, 1.165) is 19.6 Å². The molecule has 11 heavy (non-hydrogen) atoms. The van der Waals surface area contributed by atoms with Crippen LogP contribution < -0.4 is 10.6 Å². The number of rotatable bonds is 0. The van der Waals surface area contributed by atoms with E-state index in [1.807, 2.05) is 20.8 Å². The van der Waals surface area contributed by atoms with E-state index < -0.39 is 0 Å². The molecule has 1 amide bonds. The lowest BCUT2D eigenvalue weighted by molar-refractivity contribution is -0.123. The lowest BCUT2D eigenvalue weighted by Gasteiger charge is -2.03. The van der Waals surface area contributed by atoms with Gasteiger partial charge in [-0.1, -0.05) is 20.8 Å². The van der Waals surface area contributed by atoms with Gasteiger partial charge in [-0.25, -0.2) is 0 Å². The molecule has 1 aliphatic rings. The van der Waals surface area contributed by atoms with Crippen LogP contribution >= 0.6 is 0 Å². The molecular weight excluding hydrogens is 140 g/mol. The van der Waals surface area contributed by atoms with E-state index in [2.05, 4.69) is 10.6 Å². The van der Waals surface area contributed by atoms with Gasteiger partial charge in [-0.05, 0) is 0 Å².